The summed E-state index contributed by atoms with van der Waals surface area (Å²) in [5.74, 6) is 0.811. The fourth-order valence-corrected chi connectivity index (χ4v) is 1.79. The maximum Gasteiger partial charge on any atom is 0.349 e. The molecule has 120 valence electrons. The second kappa shape index (κ2) is 7.44. The van der Waals surface area contributed by atoms with Crippen LogP contribution in [0.1, 0.15) is 33.7 Å². The van der Waals surface area contributed by atoms with Gasteiger partial charge in [0.1, 0.15) is 11.6 Å². The Kier molecular flexibility index (Phi) is 5.91. The van der Waals surface area contributed by atoms with Crippen molar-refractivity contribution in [2.45, 2.75) is 39.8 Å². The maximum atomic E-state index is 11.1. The highest BCUT2D eigenvalue weighted by molar-refractivity contribution is 5.89. The number of amides is 1. The highest BCUT2D eigenvalue weighted by atomic mass is 16.2. The SMILES string of the molecule is C=C1NC(=O)C=CN1C(C)C.CC(C)n1ccc(N)nc1=O. The largest absolute Gasteiger partial charge is 0.383 e. The molecule has 7 heteroatoms. The van der Waals surface area contributed by atoms with E-state index < -0.39 is 0 Å². The molecule has 2 heterocycles. The van der Waals surface area contributed by atoms with Gasteiger partial charge in [-0.05, 0) is 33.8 Å². The average Bonchev–Trinajstić information content (AvgIpc) is 2.38. The standard InChI is InChI=1S/C8H12N2O.C7H11N3O/c1-6(2)10-5-4-8(11)9-7(10)3;1-5(2)10-4-3-6(8)9-7(10)11/h4-6H,3H2,1-2H3,(H,9,11);3-5H,1-2H3,(H2,8,9,11). The Hall–Kier alpha value is -2.57. The van der Waals surface area contributed by atoms with E-state index >= 15 is 0 Å². The predicted octanol–water partition coefficient (Wildman–Crippen LogP) is 1.22. The van der Waals surface area contributed by atoms with Gasteiger partial charge in [-0.3, -0.25) is 9.36 Å². The Morgan fingerprint density at radius 2 is 1.86 bits per heavy atom. The van der Waals surface area contributed by atoms with E-state index in [9.17, 15) is 9.59 Å². The van der Waals surface area contributed by atoms with E-state index in [2.05, 4.69) is 16.9 Å². The second-order valence-electron chi connectivity index (χ2n) is 5.39. The number of anilines is 1. The summed E-state index contributed by atoms with van der Waals surface area (Å²) in [7, 11) is 0. The van der Waals surface area contributed by atoms with Crippen molar-refractivity contribution < 1.29 is 4.79 Å². The molecule has 0 aromatic carbocycles. The predicted molar refractivity (Wildman–Crippen MR) is 86.7 cm³/mol. The van der Waals surface area contributed by atoms with E-state index in [1.165, 1.54) is 10.6 Å². The lowest BCUT2D eigenvalue weighted by atomic mass is 10.3. The van der Waals surface area contributed by atoms with Crippen LogP contribution in [-0.2, 0) is 4.79 Å². The molecule has 0 atom stereocenters. The van der Waals surface area contributed by atoms with Crippen LogP contribution in [0.2, 0.25) is 0 Å². The zero-order valence-corrected chi connectivity index (χ0v) is 13.4. The Morgan fingerprint density at radius 3 is 2.32 bits per heavy atom. The van der Waals surface area contributed by atoms with E-state index in [0.29, 0.717) is 11.9 Å². The molecule has 1 aromatic rings. The van der Waals surface area contributed by atoms with Crippen molar-refractivity contribution >= 4 is 11.7 Å². The van der Waals surface area contributed by atoms with Crippen molar-refractivity contribution in [2.75, 3.05) is 5.73 Å². The highest BCUT2D eigenvalue weighted by Crippen LogP contribution is 2.09. The molecule has 7 nitrogen and oxygen atoms in total. The number of carbonyl (C=O) groups is 1. The van der Waals surface area contributed by atoms with Crippen molar-refractivity contribution in [1.82, 2.24) is 19.8 Å². The number of nitrogens with one attached hydrogen (secondary N) is 1. The molecule has 0 spiro atoms. The van der Waals surface area contributed by atoms with Gasteiger partial charge >= 0.3 is 5.69 Å². The van der Waals surface area contributed by atoms with Crippen LogP contribution in [0.25, 0.3) is 0 Å². The monoisotopic (exact) mass is 305 g/mol. The molecule has 2 rings (SSSR count). The van der Waals surface area contributed by atoms with Gasteiger partial charge < -0.3 is 16.0 Å². The second-order valence-corrected chi connectivity index (χ2v) is 5.39. The lowest BCUT2D eigenvalue weighted by Crippen LogP contribution is -2.38. The number of rotatable bonds is 2. The molecule has 0 unspecified atom stereocenters. The molecule has 1 aliphatic heterocycles. The summed E-state index contributed by atoms with van der Waals surface area (Å²) in [6, 6.07) is 2.08. The van der Waals surface area contributed by atoms with Crippen LogP contribution < -0.4 is 16.7 Å². The van der Waals surface area contributed by atoms with Crippen LogP contribution in [0, 0.1) is 0 Å². The number of aromatic nitrogens is 2. The number of hydrogen-bond acceptors (Lipinski definition) is 5. The van der Waals surface area contributed by atoms with Crippen LogP contribution >= 0.6 is 0 Å². The van der Waals surface area contributed by atoms with Gasteiger partial charge in [-0.1, -0.05) is 6.58 Å². The molecule has 0 radical (unpaired) electrons. The molecule has 0 saturated heterocycles. The van der Waals surface area contributed by atoms with Crippen molar-refractivity contribution in [3.8, 4) is 0 Å². The van der Waals surface area contributed by atoms with Crippen LogP contribution in [0.4, 0.5) is 5.82 Å². The number of nitrogen functional groups attached to an aromatic ring is 1. The molecule has 1 aromatic heterocycles. The van der Waals surface area contributed by atoms with Crippen LogP contribution in [0.15, 0.2) is 41.7 Å². The smallest absolute Gasteiger partial charge is 0.349 e. The lowest BCUT2D eigenvalue weighted by Gasteiger charge is -2.29. The molecular formula is C15H23N5O2. The van der Waals surface area contributed by atoms with Gasteiger partial charge in [0.05, 0.1) is 0 Å². The van der Waals surface area contributed by atoms with Crippen molar-refractivity contribution in [2.24, 2.45) is 0 Å². The van der Waals surface area contributed by atoms with E-state index in [-0.39, 0.29) is 23.5 Å². The molecule has 1 amide bonds. The summed E-state index contributed by atoms with van der Waals surface area (Å²) < 4.78 is 1.52. The maximum absolute atomic E-state index is 11.1. The fourth-order valence-electron chi connectivity index (χ4n) is 1.79. The first kappa shape index (κ1) is 17.5. The molecule has 0 saturated carbocycles. The molecule has 0 aliphatic carbocycles. The van der Waals surface area contributed by atoms with Crippen molar-refractivity contribution in [3.05, 3.63) is 47.4 Å². The minimum Gasteiger partial charge on any atom is -0.383 e. The third-order valence-corrected chi connectivity index (χ3v) is 2.93. The van der Waals surface area contributed by atoms with E-state index in [1.807, 2.05) is 32.6 Å². The van der Waals surface area contributed by atoms with Gasteiger partial charge in [-0.2, -0.15) is 4.98 Å². The average molecular weight is 305 g/mol. The first-order valence-corrected chi connectivity index (χ1v) is 7.03. The van der Waals surface area contributed by atoms with Crippen LogP contribution in [0.3, 0.4) is 0 Å². The summed E-state index contributed by atoms with van der Waals surface area (Å²) in [5.41, 5.74) is 5.01. The van der Waals surface area contributed by atoms with Gasteiger partial charge in [0, 0.05) is 30.6 Å². The third kappa shape index (κ3) is 4.76. The van der Waals surface area contributed by atoms with E-state index in [1.54, 1.807) is 18.5 Å². The zero-order valence-electron chi connectivity index (χ0n) is 13.4. The van der Waals surface area contributed by atoms with Gasteiger partial charge in [-0.25, -0.2) is 4.79 Å². The molecule has 3 N–H and O–H groups in total. The molecular weight excluding hydrogens is 282 g/mol. The van der Waals surface area contributed by atoms with Crippen molar-refractivity contribution in [1.29, 1.82) is 0 Å². The van der Waals surface area contributed by atoms with Crippen molar-refractivity contribution in [3.63, 3.8) is 0 Å². The third-order valence-electron chi connectivity index (χ3n) is 2.93. The first-order valence-electron chi connectivity index (χ1n) is 7.03. The number of nitrogens with two attached hydrogens (primary N) is 1. The quantitative estimate of drug-likeness (QED) is 0.857. The minimum atomic E-state index is -0.292. The zero-order chi connectivity index (χ0) is 16.9. The summed E-state index contributed by atoms with van der Waals surface area (Å²) in [6.07, 6.45) is 4.88. The first-order chi connectivity index (χ1) is 10.2. The van der Waals surface area contributed by atoms with Gasteiger partial charge in [0.15, 0.2) is 0 Å². The van der Waals surface area contributed by atoms with Crippen LogP contribution in [0.5, 0.6) is 0 Å². The summed E-state index contributed by atoms with van der Waals surface area (Å²) in [6.45, 7) is 11.6. The molecule has 1 aliphatic rings. The summed E-state index contributed by atoms with van der Waals surface area (Å²) in [4.78, 5) is 27.3. The van der Waals surface area contributed by atoms with Gasteiger partial charge in [0.25, 0.3) is 5.91 Å². The summed E-state index contributed by atoms with van der Waals surface area (Å²) >= 11 is 0. The summed E-state index contributed by atoms with van der Waals surface area (Å²) in [5, 5.41) is 2.62. The number of nitrogens with zero attached hydrogens (tertiary/aromatic N) is 3. The van der Waals surface area contributed by atoms with Gasteiger partial charge in [-0.15, -0.1) is 0 Å². The topological polar surface area (TPSA) is 93.2 Å². The molecule has 0 fully saturated rings. The molecule has 0 bridgehead atoms. The number of hydrogen-bond donors (Lipinski definition) is 2. The van der Waals surface area contributed by atoms with Crippen LogP contribution in [-0.4, -0.2) is 26.4 Å². The Labute approximate surface area is 130 Å². The minimum absolute atomic E-state index is 0.105. The Balaban J connectivity index is 0.000000220. The van der Waals surface area contributed by atoms with Gasteiger partial charge in [0.2, 0.25) is 0 Å². The fraction of sp³-hybridized carbons (Fsp3) is 0.400. The molecule has 22 heavy (non-hydrogen) atoms. The number of carbonyl (C=O) groups excluding carboxylic acids is 1. The Bertz CT molecular complexity index is 631. The van der Waals surface area contributed by atoms with E-state index in [0.717, 1.165) is 0 Å². The van der Waals surface area contributed by atoms with E-state index in [4.69, 9.17) is 5.73 Å². The Morgan fingerprint density at radius 1 is 1.23 bits per heavy atom. The lowest BCUT2D eigenvalue weighted by molar-refractivity contribution is -0.116. The highest BCUT2D eigenvalue weighted by Gasteiger charge is 2.14. The normalized spacial score (nSPS) is 14.0.